The van der Waals surface area contributed by atoms with E-state index in [2.05, 4.69) is 6.58 Å². The molecule has 0 aromatic heterocycles. The number of allylic oxidation sites excluding steroid dienone is 1. The van der Waals surface area contributed by atoms with E-state index in [1.807, 2.05) is 40.7 Å². The summed E-state index contributed by atoms with van der Waals surface area (Å²) in [6, 6.07) is 0. The Hall–Kier alpha value is -0.315. The first-order valence-corrected chi connectivity index (χ1v) is 5.90. The van der Waals surface area contributed by atoms with E-state index in [1.165, 1.54) is 0 Å². The Morgan fingerprint density at radius 1 is 1.25 bits per heavy atom. The van der Waals surface area contributed by atoms with E-state index in [4.69, 9.17) is 14.0 Å². The van der Waals surface area contributed by atoms with Crippen molar-refractivity contribution in [2.24, 2.45) is 0 Å². The van der Waals surface area contributed by atoms with Crippen molar-refractivity contribution in [3.8, 4) is 0 Å². The molecule has 16 heavy (non-hydrogen) atoms. The second-order valence-electron chi connectivity index (χ2n) is 5.36. The molecule has 0 spiro atoms. The summed E-state index contributed by atoms with van der Waals surface area (Å²) >= 11 is 0. The predicted octanol–water partition coefficient (Wildman–Crippen LogP) is 2.95. The third-order valence-electron chi connectivity index (χ3n) is 3.35. The summed E-state index contributed by atoms with van der Waals surface area (Å²) in [5.74, 6) is 0. The Kier molecular flexibility index (Phi) is 4.21. The van der Waals surface area contributed by atoms with Crippen LogP contribution in [0, 0.1) is 0 Å². The van der Waals surface area contributed by atoms with Crippen LogP contribution in [0.15, 0.2) is 12.7 Å². The van der Waals surface area contributed by atoms with E-state index in [1.54, 1.807) is 0 Å². The van der Waals surface area contributed by atoms with Gasteiger partial charge in [0.15, 0.2) is 0 Å². The zero-order valence-corrected chi connectivity index (χ0v) is 11.1. The fraction of sp³-hybridized carbons (Fsp3) is 0.833. The highest BCUT2D eigenvalue weighted by atomic mass is 16.8. The lowest BCUT2D eigenvalue weighted by Gasteiger charge is -2.31. The average Bonchev–Trinajstić information content (AvgIpc) is 2.31. The topological polar surface area (TPSA) is 27.7 Å². The minimum absolute atomic E-state index is 0.118. The van der Waals surface area contributed by atoms with Crippen molar-refractivity contribution in [1.82, 2.24) is 0 Å². The van der Waals surface area contributed by atoms with Gasteiger partial charge in [0, 0.05) is 6.10 Å². The van der Waals surface area contributed by atoms with Gasteiger partial charge in [-0.2, -0.15) is 0 Å². The molecule has 0 aromatic rings. The van der Waals surface area contributed by atoms with Crippen molar-refractivity contribution in [2.45, 2.75) is 64.8 Å². The molecule has 4 heteroatoms. The average molecular weight is 226 g/mol. The highest BCUT2D eigenvalue weighted by Gasteiger charge is 2.53. The van der Waals surface area contributed by atoms with Gasteiger partial charge in [-0.1, -0.05) is 6.08 Å². The summed E-state index contributed by atoms with van der Waals surface area (Å²) in [6.07, 6.45) is 3.89. The maximum atomic E-state index is 5.74. The van der Waals surface area contributed by atoms with Gasteiger partial charge in [-0.3, -0.25) is 0 Å². The van der Waals surface area contributed by atoms with E-state index in [0.717, 1.165) is 12.8 Å². The number of hydrogen-bond donors (Lipinski definition) is 0. The lowest BCUT2D eigenvalue weighted by atomic mass is 9.90. The highest BCUT2D eigenvalue weighted by Crippen LogP contribution is 2.37. The Labute approximate surface area is 99.3 Å². The zero-order chi connectivity index (χ0) is 12.4. The van der Waals surface area contributed by atoms with E-state index < -0.39 is 7.32 Å². The molecule has 0 aliphatic carbocycles. The third-order valence-corrected chi connectivity index (χ3v) is 3.35. The first kappa shape index (κ1) is 13.7. The van der Waals surface area contributed by atoms with Crippen LogP contribution in [-0.2, 0) is 14.0 Å². The lowest BCUT2D eigenvalue weighted by Crippen LogP contribution is -2.41. The fourth-order valence-electron chi connectivity index (χ4n) is 1.45. The third kappa shape index (κ3) is 3.09. The summed E-state index contributed by atoms with van der Waals surface area (Å²) in [6.45, 7) is 13.8. The maximum Gasteiger partial charge on any atom is 0.640 e. The molecule has 0 bridgehead atoms. The minimum Gasteiger partial charge on any atom is -0.383 e. The molecule has 0 radical (unpaired) electrons. The molecule has 1 saturated heterocycles. The van der Waals surface area contributed by atoms with Crippen molar-refractivity contribution in [2.75, 3.05) is 0 Å². The van der Waals surface area contributed by atoms with Gasteiger partial charge in [0.2, 0.25) is 0 Å². The van der Waals surface area contributed by atoms with E-state index in [-0.39, 0.29) is 17.3 Å². The maximum absolute atomic E-state index is 5.74. The van der Waals surface area contributed by atoms with E-state index in [0.29, 0.717) is 0 Å². The molecule has 3 nitrogen and oxygen atoms in total. The Morgan fingerprint density at radius 3 is 2.19 bits per heavy atom. The van der Waals surface area contributed by atoms with Crippen LogP contribution < -0.4 is 0 Å². The Balaban J connectivity index is 2.44. The molecule has 1 unspecified atom stereocenters. The molecular weight excluding hydrogens is 203 g/mol. The standard InChI is InChI=1S/C12H23BO3/c1-7-8-9-10(2)14-13-15-11(3,4)12(5,6)16-13/h7,10H,1,8-9H2,2-6H3. The first-order valence-electron chi connectivity index (χ1n) is 5.90. The van der Waals surface area contributed by atoms with Crippen LogP contribution in [-0.4, -0.2) is 24.6 Å². The van der Waals surface area contributed by atoms with Gasteiger partial charge in [-0.05, 0) is 47.5 Å². The molecular formula is C12H23BO3. The van der Waals surface area contributed by atoms with Crippen LogP contribution in [0.1, 0.15) is 47.5 Å². The lowest BCUT2D eigenvalue weighted by molar-refractivity contribution is 0.00578. The summed E-state index contributed by atoms with van der Waals surface area (Å²) in [4.78, 5) is 0. The zero-order valence-electron chi connectivity index (χ0n) is 11.1. The van der Waals surface area contributed by atoms with Crippen molar-refractivity contribution >= 4 is 7.32 Å². The monoisotopic (exact) mass is 226 g/mol. The van der Waals surface area contributed by atoms with Gasteiger partial charge >= 0.3 is 7.32 Å². The van der Waals surface area contributed by atoms with Gasteiger partial charge in [0.1, 0.15) is 0 Å². The van der Waals surface area contributed by atoms with Crippen molar-refractivity contribution in [3.63, 3.8) is 0 Å². The van der Waals surface area contributed by atoms with Gasteiger partial charge in [-0.15, -0.1) is 6.58 Å². The van der Waals surface area contributed by atoms with Gasteiger partial charge in [0.05, 0.1) is 11.2 Å². The minimum atomic E-state index is -0.551. The molecule has 1 fully saturated rings. The summed E-state index contributed by atoms with van der Waals surface area (Å²) < 4.78 is 17.2. The summed E-state index contributed by atoms with van der Waals surface area (Å²) in [7, 11) is -0.551. The van der Waals surface area contributed by atoms with Crippen LogP contribution in [0.25, 0.3) is 0 Å². The molecule has 0 saturated carbocycles. The highest BCUT2D eigenvalue weighted by molar-refractivity contribution is 6.37. The molecule has 92 valence electrons. The molecule has 0 N–H and O–H groups in total. The molecule has 1 rings (SSSR count). The number of hydrogen-bond acceptors (Lipinski definition) is 3. The van der Waals surface area contributed by atoms with Crippen LogP contribution in [0.5, 0.6) is 0 Å². The smallest absolute Gasteiger partial charge is 0.383 e. The molecule has 1 heterocycles. The molecule has 0 amide bonds. The van der Waals surface area contributed by atoms with Gasteiger partial charge in [-0.25, -0.2) is 0 Å². The van der Waals surface area contributed by atoms with Crippen LogP contribution >= 0.6 is 0 Å². The largest absolute Gasteiger partial charge is 0.640 e. The summed E-state index contributed by atoms with van der Waals surface area (Å²) in [5, 5.41) is 0. The van der Waals surface area contributed by atoms with Crippen molar-refractivity contribution < 1.29 is 14.0 Å². The van der Waals surface area contributed by atoms with Crippen molar-refractivity contribution in [3.05, 3.63) is 12.7 Å². The Morgan fingerprint density at radius 2 is 1.75 bits per heavy atom. The SMILES string of the molecule is C=CCCC(C)OB1OC(C)(C)C(C)(C)O1. The quantitative estimate of drug-likeness (QED) is 0.532. The fourth-order valence-corrected chi connectivity index (χ4v) is 1.45. The van der Waals surface area contributed by atoms with Gasteiger partial charge in [0.25, 0.3) is 0 Å². The molecule has 1 atom stereocenters. The second-order valence-corrected chi connectivity index (χ2v) is 5.36. The summed E-state index contributed by atoms with van der Waals surface area (Å²) in [5.41, 5.74) is -0.647. The molecule has 0 aromatic carbocycles. The van der Waals surface area contributed by atoms with E-state index in [9.17, 15) is 0 Å². The van der Waals surface area contributed by atoms with Crippen LogP contribution in [0.4, 0.5) is 0 Å². The van der Waals surface area contributed by atoms with Crippen LogP contribution in [0.2, 0.25) is 0 Å². The normalized spacial score (nSPS) is 24.4. The molecule has 1 aliphatic heterocycles. The number of rotatable bonds is 5. The predicted molar refractivity (Wildman–Crippen MR) is 66.1 cm³/mol. The van der Waals surface area contributed by atoms with Crippen molar-refractivity contribution in [1.29, 1.82) is 0 Å². The van der Waals surface area contributed by atoms with E-state index >= 15 is 0 Å². The van der Waals surface area contributed by atoms with Crippen LogP contribution in [0.3, 0.4) is 0 Å². The second kappa shape index (κ2) is 4.90. The first-order chi connectivity index (χ1) is 7.28. The molecule has 1 aliphatic rings. The Bertz CT molecular complexity index is 235. The van der Waals surface area contributed by atoms with Gasteiger partial charge < -0.3 is 14.0 Å².